The molecule has 0 bridgehead atoms. The lowest BCUT2D eigenvalue weighted by Crippen LogP contribution is -2.30. The average molecular weight is 240 g/mol. The fourth-order valence-electron chi connectivity index (χ4n) is 2.20. The number of likely N-dealkylation sites (N-methyl/N-ethyl adjacent to an activating group) is 1. The van der Waals surface area contributed by atoms with Gasteiger partial charge >= 0.3 is 0 Å². The van der Waals surface area contributed by atoms with E-state index in [9.17, 15) is 0 Å². The maximum atomic E-state index is 3.57. The Morgan fingerprint density at radius 1 is 0.941 bits per heavy atom. The molecular formula is C15H32N2. The summed E-state index contributed by atoms with van der Waals surface area (Å²) in [5.74, 6) is 0. The summed E-state index contributed by atoms with van der Waals surface area (Å²) in [7, 11) is 2.26. The van der Waals surface area contributed by atoms with E-state index in [4.69, 9.17) is 0 Å². The maximum Gasteiger partial charge on any atom is 0.0104 e. The summed E-state index contributed by atoms with van der Waals surface area (Å²) >= 11 is 0. The number of rotatable bonds is 12. The van der Waals surface area contributed by atoms with Crippen molar-refractivity contribution in [3.8, 4) is 0 Å². The van der Waals surface area contributed by atoms with Crippen molar-refractivity contribution in [2.45, 2.75) is 70.8 Å². The first-order chi connectivity index (χ1) is 8.33. The summed E-state index contributed by atoms with van der Waals surface area (Å²) in [5.41, 5.74) is 0. The van der Waals surface area contributed by atoms with Crippen molar-refractivity contribution in [1.29, 1.82) is 0 Å². The van der Waals surface area contributed by atoms with Crippen LogP contribution >= 0.6 is 0 Å². The third-order valence-corrected chi connectivity index (χ3v) is 3.65. The van der Waals surface area contributed by atoms with E-state index in [2.05, 4.69) is 24.2 Å². The van der Waals surface area contributed by atoms with Crippen molar-refractivity contribution in [2.75, 3.05) is 26.7 Å². The Hall–Kier alpha value is -0.0800. The topological polar surface area (TPSA) is 15.3 Å². The number of hydrogen-bond donors (Lipinski definition) is 1. The van der Waals surface area contributed by atoms with Crippen LogP contribution in [0.2, 0.25) is 0 Å². The Balaban J connectivity index is 1.74. The molecule has 0 aromatic rings. The fourth-order valence-corrected chi connectivity index (χ4v) is 2.20. The lowest BCUT2D eigenvalue weighted by atomic mass is 10.1. The largest absolute Gasteiger partial charge is 0.313 e. The van der Waals surface area contributed by atoms with Gasteiger partial charge in [-0.05, 0) is 32.9 Å². The van der Waals surface area contributed by atoms with Gasteiger partial charge in [0.05, 0.1) is 0 Å². The highest BCUT2D eigenvalue weighted by atomic mass is 15.1. The number of nitrogens with zero attached hydrogens (tertiary/aromatic N) is 1. The molecule has 0 spiro atoms. The molecule has 2 nitrogen and oxygen atoms in total. The molecule has 0 amide bonds. The molecule has 2 heteroatoms. The van der Waals surface area contributed by atoms with Crippen LogP contribution in [0.3, 0.4) is 0 Å². The zero-order valence-corrected chi connectivity index (χ0v) is 12.0. The molecule has 0 heterocycles. The van der Waals surface area contributed by atoms with E-state index >= 15 is 0 Å². The molecule has 1 aliphatic carbocycles. The molecule has 1 N–H and O–H groups in total. The van der Waals surface area contributed by atoms with E-state index in [1.54, 1.807) is 0 Å². The molecule has 1 fully saturated rings. The third-order valence-electron chi connectivity index (χ3n) is 3.65. The van der Waals surface area contributed by atoms with Gasteiger partial charge in [-0.3, -0.25) is 0 Å². The van der Waals surface area contributed by atoms with Crippen molar-refractivity contribution in [3.63, 3.8) is 0 Å². The zero-order valence-electron chi connectivity index (χ0n) is 12.0. The van der Waals surface area contributed by atoms with Crippen LogP contribution in [0, 0.1) is 0 Å². The molecule has 17 heavy (non-hydrogen) atoms. The highest BCUT2D eigenvalue weighted by Gasteiger charge is 2.19. The SMILES string of the molecule is CCCCCCCCCN(C)CCNC1CC1. The maximum absolute atomic E-state index is 3.57. The molecule has 0 aromatic heterocycles. The highest BCUT2D eigenvalue weighted by Crippen LogP contribution is 2.17. The van der Waals surface area contributed by atoms with Gasteiger partial charge in [0.1, 0.15) is 0 Å². The molecule has 0 aliphatic heterocycles. The molecule has 0 aromatic carbocycles. The molecule has 0 saturated heterocycles. The second-order valence-electron chi connectivity index (χ2n) is 5.65. The third kappa shape index (κ3) is 9.61. The molecule has 1 saturated carbocycles. The number of hydrogen-bond acceptors (Lipinski definition) is 2. The average Bonchev–Trinajstić information content (AvgIpc) is 3.12. The van der Waals surface area contributed by atoms with Gasteiger partial charge in [0.2, 0.25) is 0 Å². The standard InChI is InChI=1S/C15H32N2/c1-3-4-5-6-7-8-9-13-17(2)14-12-16-15-10-11-15/h15-16H,3-14H2,1-2H3. The Kier molecular flexibility index (Phi) is 8.72. The Labute approximate surface area is 108 Å². The molecule has 102 valence electrons. The van der Waals surface area contributed by atoms with Crippen LogP contribution in [0.5, 0.6) is 0 Å². The minimum absolute atomic E-state index is 0.863. The Morgan fingerprint density at radius 2 is 1.59 bits per heavy atom. The van der Waals surface area contributed by atoms with E-state index in [1.807, 2.05) is 0 Å². The van der Waals surface area contributed by atoms with Crippen LogP contribution in [0.25, 0.3) is 0 Å². The van der Waals surface area contributed by atoms with Gasteiger partial charge in [-0.1, -0.05) is 45.4 Å². The summed E-state index contributed by atoms with van der Waals surface area (Å²) in [6.07, 6.45) is 12.7. The van der Waals surface area contributed by atoms with Gasteiger partial charge < -0.3 is 10.2 Å². The van der Waals surface area contributed by atoms with Crippen molar-refractivity contribution in [2.24, 2.45) is 0 Å². The summed E-state index contributed by atoms with van der Waals surface area (Å²) in [6.45, 7) is 5.95. The predicted octanol–water partition coefficient (Wildman–Crippen LogP) is 3.42. The lowest BCUT2D eigenvalue weighted by Gasteiger charge is -2.16. The van der Waals surface area contributed by atoms with Gasteiger partial charge in [0.15, 0.2) is 0 Å². The lowest BCUT2D eigenvalue weighted by molar-refractivity contribution is 0.321. The molecular weight excluding hydrogens is 208 g/mol. The van der Waals surface area contributed by atoms with E-state index in [-0.39, 0.29) is 0 Å². The van der Waals surface area contributed by atoms with Crippen molar-refractivity contribution in [3.05, 3.63) is 0 Å². The first-order valence-corrected chi connectivity index (χ1v) is 7.75. The minimum Gasteiger partial charge on any atom is -0.313 e. The van der Waals surface area contributed by atoms with Crippen LogP contribution in [-0.2, 0) is 0 Å². The first-order valence-electron chi connectivity index (χ1n) is 7.75. The first kappa shape index (κ1) is 15.0. The van der Waals surface area contributed by atoms with Gasteiger partial charge in [-0.15, -0.1) is 0 Å². The molecule has 1 rings (SSSR count). The molecule has 0 atom stereocenters. The smallest absolute Gasteiger partial charge is 0.0104 e. The molecule has 0 unspecified atom stereocenters. The second kappa shape index (κ2) is 9.90. The molecule has 0 radical (unpaired) electrons. The highest BCUT2D eigenvalue weighted by molar-refractivity contribution is 4.80. The van der Waals surface area contributed by atoms with Gasteiger partial charge in [-0.25, -0.2) is 0 Å². The van der Waals surface area contributed by atoms with Gasteiger partial charge in [0.25, 0.3) is 0 Å². The van der Waals surface area contributed by atoms with Crippen LogP contribution in [0.15, 0.2) is 0 Å². The van der Waals surface area contributed by atoms with Crippen molar-refractivity contribution < 1.29 is 0 Å². The van der Waals surface area contributed by atoms with Crippen molar-refractivity contribution in [1.82, 2.24) is 10.2 Å². The quantitative estimate of drug-likeness (QED) is 0.526. The van der Waals surface area contributed by atoms with Gasteiger partial charge in [-0.2, -0.15) is 0 Å². The zero-order chi connectivity index (χ0) is 12.3. The van der Waals surface area contributed by atoms with Crippen molar-refractivity contribution >= 4 is 0 Å². The number of unbranched alkanes of at least 4 members (excludes halogenated alkanes) is 6. The van der Waals surface area contributed by atoms with E-state index in [1.165, 1.54) is 77.4 Å². The summed E-state index contributed by atoms with van der Waals surface area (Å²) in [4.78, 5) is 2.47. The Bertz CT molecular complexity index is 166. The number of nitrogens with one attached hydrogen (secondary N) is 1. The summed E-state index contributed by atoms with van der Waals surface area (Å²) in [5, 5.41) is 3.57. The van der Waals surface area contributed by atoms with E-state index in [0.29, 0.717) is 0 Å². The van der Waals surface area contributed by atoms with Gasteiger partial charge in [0, 0.05) is 19.1 Å². The summed E-state index contributed by atoms with van der Waals surface area (Å²) in [6, 6.07) is 0.863. The normalized spacial score (nSPS) is 15.7. The van der Waals surface area contributed by atoms with Crippen LogP contribution in [-0.4, -0.2) is 37.6 Å². The fraction of sp³-hybridized carbons (Fsp3) is 1.00. The van der Waals surface area contributed by atoms with Crippen LogP contribution < -0.4 is 5.32 Å². The van der Waals surface area contributed by atoms with E-state index < -0.39 is 0 Å². The summed E-state index contributed by atoms with van der Waals surface area (Å²) < 4.78 is 0. The minimum atomic E-state index is 0.863. The second-order valence-corrected chi connectivity index (χ2v) is 5.65. The Morgan fingerprint density at radius 3 is 2.24 bits per heavy atom. The monoisotopic (exact) mass is 240 g/mol. The van der Waals surface area contributed by atoms with Crippen LogP contribution in [0.1, 0.15) is 64.7 Å². The predicted molar refractivity (Wildman–Crippen MR) is 76.5 cm³/mol. The van der Waals surface area contributed by atoms with E-state index in [0.717, 1.165) is 6.04 Å². The van der Waals surface area contributed by atoms with Crippen LogP contribution in [0.4, 0.5) is 0 Å². The molecule has 1 aliphatic rings.